The summed E-state index contributed by atoms with van der Waals surface area (Å²) < 4.78 is 5.16. The van der Waals surface area contributed by atoms with Gasteiger partial charge in [0.1, 0.15) is 0 Å². The van der Waals surface area contributed by atoms with Gasteiger partial charge in [0, 0.05) is 12.8 Å². The Morgan fingerprint density at radius 3 is 1.50 bits per heavy atom. The molecule has 0 aromatic carbocycles. The van der Waals surface area contributed by atoms with Crippen LogP contribution in [0.15, 0.2) is 24.7 Å². The molecule has 0 heterocycles. The van der Waals surface area contributed by atoms with Crippen molar-refractivity contribution in [2.75, 3.05) is 14.1 Å². The Morgan fingerprint density at radius 1 is 1.08 bits per heavy atom. The zero-order valence-electron chi connectivity index (χ0n) is 8.74. The molecule has 0 atom stereocenters. The first-order valence-electron chi connectivity index (χ1n) is 4.24. The normalized spacial score (nSPS) is 8.00. The molecule has 0 aliphatic rings. The van der Waals surface area contributed by atoms with Crippen LogP contribution >= 0.6 is 0 Å². The van der Waals surface area contributed by atoms with Crippen LogP contribution in [0.1, 0.15) is 26.7 Å². The second kappa shape index (κ2) is 10.2. The zero-order chi connectivity index (χ0) is 9.98. The van der Waals surface area contributed by atoms with E-state index in [0.717, 1.165) is 24.4 Å². The second-order valence-corrected chi connectivity index (χ2v) is 2.39. The van der Waals surface area contributed by atoms with E-state index in [1.54, 1.807) is 0 Å². The third-order valence-corrected chi connectivity index (χ3v) is 1.08. The van der Waals surface area contributed by atoms with Gasteiger partial charge in [-0.25, -0.2) is 0 Å². The minimum atomic E-state index is 0.793. The van der Waals surface area contributed by atoms with E-state index < -0.39 is 0 Å². The SMILES string of the molecule is C=C(CC)OC(=C)CC.CNC. The molecular weight excluding hydrogens is 150 g/mol. The second-order valence-electron chi connectivity index (χ2n) is 2.39. The van der Waals surface area contributed by atoms with Gasteiger partial charge >= 0.3 is 0 Å². The predicted octanol–water partition coefficient (Wildman–Crippen LogP) is 2.69. The Kier molecular flexibility index (Phi) is 11.8. The molecule has 0 saturated heterocycles. The van der Waals surface area contributed by atoms with Crippen molar-refractivity contribution in [2.45, 2.75) is 26.7 Å². The van der Waals surface area contributed by atoms with Gasteiger partial charge in [-0.1, -0.05) is 27.0 Å². The van der Waals surface area contributed by atoms with Crippen molar-refractivity contribution in [3.8, 4) is 0 Å². The number of ether oxygens (including phenoxy) is 1. The lowest BCUT2D eigenvalue weighted by molar-refractivity contribution is 0.287. The molecule has 0 unspecified atom stereocenters. The van der Waals surface area contributed by atoms with Crippen molar-refractivity contribution in [1.29, 1.82) is 0 Å². The van der Waals surface area contributed by atoms with Crippen molar-refractivity contribution in [2.24, 2.45) is 0 Å². The van der Waals surface area contributed by atoms with Crippen LogP contribution < -0.4 is 5.32 Å². The molecule has 0 spiro atoms. The molecule has 0 saturated carbocycles. The standard InChI is InChI=1S/C8H14O.C2H7N/c1-5-7(3)9-8(4)6-2;1-3-2/h3-6H2,1-2H3;3H,1-2H3. The minimum Gasteiger partial charge on any atom is -0.467 e. The molecule has 0 aliphatic carbocycles. The summed E-state index contributed by atoms with van der Waals surface area (Å²) in [5, 5.41) is 2.75. The molecule has 0 aliphatic heterocycles. The first-order valence-corrected chi connectivity index (χ1v) is 4.24. The summed E-state index contributed by atoms with van der Waals surface area (Å²) in [6.45, 7) is 11.4. The number of nitrogens with one attached hydrogen (secondary N) is 1. The minimum absolute atomic E-state index is 0.793. The van der Waals surface area contributed by atoms with Gasteiger partial charge < -0.3 is 10.1 Å². The monoisotopic (exact) mass is 171 g/mol. The molecule has 12 heavy (non-hydrogen) atoms. The molecule has 0 aromatic heterocycles. The van der Waals surface area contributed by atoms with Crippen molar-refractivity contribution in [1.82, 2.24) is 5.32 Å². The Morgan fingerprint density at radius 2 is 1.33 bits per heavy atom. The summed E-state index contributed by atoms with van der Waals surface area (Å²) in [6, 6.07) is 0. The molecule has 0 bridgehead atoms. The Labute approximate surface area is 76.3 Å². The highest BCUT2D eigenvalue weighted by molar-refractivity contribution is 4.91. The van der Waals surface area contributed by atoms with E-state index in [-0.39, 0.29) is 0 Å². The number of allylic oxidation sites excluding steroid dienone is 2. The fourth-order valence-corrected chi connectivity index (χ4v) is 0.348. The smallest absolute Gasteiger partial charge is 0.0961 e. The Hall–Kier alpha value is -0.760. The third kappa shape index (κ3) is 12.0. The quantitative estimate of drug-likeness (QED) is 0.657. The lowest BCUT2D eigenvalue weighted by Gasteiger charge is -2.05. The van der Waals surface area contributed by atoms with Crippen LogP contribution in [0.5, 0.6) is 0 Å². The van der Waals surface area contributed by atoms with Crippen LogP contribution in [0.2, 0.25) is 0 Å². The molecule has 0 fully saturated rings. The summed E-state index contributed by atoms with van der Waals surface area (Å²) in [5.41, 5.74) is 0. The van der Waals surface area contributed by atoms with E-state index in [4.69, 9.17) is 4.74 Å². The van der Waals surface area contributed by atoms with Gasteiger partial charge in [0.15, 0.2) is 0 Å². The molecule has 0 rings (SSSR count). The van der Waals surface area contributed by atoms with Gasteiger partial charge in [0.05, 0.1) is 11.5 Å². The van der Waals surface area contributed by atoms with Crippen molar-refractivity contribution in [3.63, 3.8) is 0 Å². The highest BCUT2D eigenvalue weighted by atomic mass is 16.5. The van der Waals surface area contributed by atoms with E-state index in [9.17, 15) is 0 Å². The Balaban J connectivity index is 0. The molecular formula is C10H21NO. The van der Waals surface area contributed by atoms with Crippen LogP contribution in [0.3, 0.4) is 0 Å². The van der Waals surface area contributed by atoms with Crippen LogP contribution in [0.4, 0.5) is 0 Å². The lowest BCUT2D eigenvalue weighted by Crippen LogP contribution is -1.89. The predicted molar refractivity (Wildman–Crippen MR) is 54.9 cm³/mol. The summed E-state index contributed by atoms with van der Waals surface area (Å²) in [7, 11) is 3.75. The first-order chi connectivity index (χ1) is 5.62. The van der Waals surface area contributed by atoms with Gasteiger partial charge in [0.2, 0.25) is 0 Å². The Bertz CT molecular complexity index is 116. The maximum atomic E-state index is 5.16. The fraction of sp³-hybridized carbons (Fsp3) is 0.600. The number of rotatable bonds is 4. The highest BCUT2D eigenvalue weighted by Crippen LogP contribution is 2.07. The summed E-state index contributed by atoms with van der Waals surface area (Å²) in [4.78, 5) is 0. The van der Waals surface area contributed by atoms with Crippen molar-refractivity contribution < 1.29 is 4.74 Å². The van der Waals surface area contributed by atoms with Gasteiger partial charge in [-0.2, -0.15) is 0 Å². The van der Waals surface area contributed by atoms with E-state index in [0.29, 0.717) is 0 Å². The maximum Gasteiger partial charge on any atom is 0.0961 e. The number of hydrogen-bond acceptors (Lipinski definition) is 2. The molecule has 2 nitrogen and oxygen atoms in total. The third-order valence-electron chi connectivity index (χ3n) is 1.08. The summed E-state index contributed by atoms with van der Waals surface area (Å²) in [5.74, 6) is 1.59. The number of hydrogen-bond donors (Lipinski definition) is 1. The largest absolute Gasteiger partial charge is 0.467 e. The summed E-state index contributed by atoms with van der Waals surface area (Å²) in [6.07, 6.45) is 1.72. The molecule has 2 heteroatoms. The van der Waals surface area contributed by atoms with Crippen LogP contribution in [0, 0.1) is 0 Å². The van der Waals surface area contributed by atoms with Gasteiger partial charge in [-0.15, -0.1) is 0 Å². The van der Waals surface area contributed by atoms with Gasteiger partial charge in [0.25, 0.3) is 0 Å². The van der Waals surface area contributed by atoms with Crippen LogP contribution in [-0.2, 0) is 4.74 Å². The zero-order valence-corrected chi connectivity index (χ0v) is 8.74. The van der Waals surface area contributed by atoms with Gasteiger partial charge in [-0.3, -0.25) is 0 Å². The molecule has 72 valence electrons. The average molecular weight is 171 g/mol. The van der Waals surface area contributed by atoms with E-state index in [1.165, 1.54) is 0 Å². The molecule has 0 amide bonds. The van der Waals surface area contributed by atoms with Crippen LogP contribution in [0.25, 0.3) is 0 Å². The average Bonchev–Trinajstić information content (AvgIpc) is 2.05. The van der Waals surface area contributed by atoms with Crippen molar-refractivity contribution in [3.05, 3.63) is 24.7 Å². The highest BCUT2D eigenvalue weighted by Gasteiger charge is 1.91. The van der Waals surface area contributed by atoms with E-state index in [1.807, 2.05) is 27.9 Å². The lowest BCUT2D eigenvalue weighted by atomic mass is 10.4. The van der Waals surface area contributed by atoms with E-state index >= 15 is 0 Å². The maximum absolute atomic E-state index is 5.16. The molecule has 1 N–H and O–H groups in total. The van der Waals surface area contributed by atoms with Gasteiger partial charge in [-0.05, 0) is 14.1 Å². The molecule has 0 radical (unpaired) electrons. The summed E-state index contributed by atoms with van der Waals surface area (Å²) >= 11 is 0. The van der Waals surface area contributed by atoms with Crippen LogP contribution in [-0.4, -0.2) is 14.1 Å². The van der Waals surface area contributed by atoms with Crippen molar-refractivity contribution >= 4 is 0 Å². The molecule has 0 aromatic rings. The first kappa shape index (κ1) is 13.8. The van der Waals surface area contributed by atoms with E-state index in [2.05, 4.69) is 18.5 Å². The fourth-order valence-electron chi connectivity index (χ4n) is 0.348. The topological polar surface area (TPSA) is 21.3 Å².